The third-order valence-corrected chi connectivity index (χ3v) is 21.6. The molecular formula is C88H109BrF12N20O4. The van der Waals surface area contributed by atoms with Gasteiger partial charge in [0.2, 0.25) is 23.1 Å². The Bertz CT molecular complexity index is 5260. The van der Waals surface area contributed by atoms with Gasteiger partial charge in [0, 0.05) is 128 Å². The maximum Gasteiger partial charge on any atom is 0.418 e. The predicted octanol–water partition coefficient (Wildman–Crippen LogP) is 17.4. The van der Waals surface area contributed by atoms with E-state index >= 15 is 0 Å². The molecule has 0 unspecified atom stereocenters. The summed E-state index contributed by atoms with van der Waals surface area (Å²) < 4.78 is 164. The largest absolute Gasteiger partial charge is 0.418 e. The van der Waals surface area contributed by atoms with Crippen molar-refractivity contribution in [1.82, 2.24) is 61.1 Å². The van der Waals surface area contributed by atoms with E-state index in [0.29, 0.717) is 92.6 Å². The Morgan fingerprint density at radius 2 is 0.800 bits per heavy atom. The summed E-state index contributed by atoms with van der Waals surface area (Å²) in [6.45, 7) is 17.6. The van der Waals surface area contributed by atoms with Crippen molar-refractivity contribution < 1.29 is 81.8 Å². The highest BCUT2D eigenvalue weighted by molar-refractivity contribution is 9.10. The van der Waals surface area contributed by atoms with Crippen molar-refractivity contribution >= 4 is 85.6 Å². The summed E-state index contributed by atoms with van der Waals surface area (Å²) in [7, 11) is 0. The molecule has 37 heteroatoms. The summed E-state index contributed by atoms with van der Waals surface area (Å²) in [4.78, 5) is 91.8. The number of anilines is 8. The van der Waals surface area contributed by atoms with Gasteiger partial charge in [0.1, 0.15) is 69.3 Å². The van der Waals surface area contributed by atoms with Gasteiger partial charge in [-0.25, -0.2) is 39.9 Å². The standard InChI is InChI=1S/2C25H26F3N5O.C21H25BrF3N5O.C17H18F3N5O.7H2/c2*1-2-7-17-14-33(15-20(31-17)16-8-4-3-5-9-16)21-12-11-19(25(26,27)28)22(32-21)23(34)18-10-6-13-30-24(18)29;1-11(2)6-14-10-30(9-12(3)28-14)17-5-4-16(21(23,24)25)18(29-17)19(31)15-7-13(22)8-27-20(15)26;1-10-9-22-7-8-25(10)13-5-4-12(17(18,19)20)14(24-13)15(26)11-3-2-6-23-16(11)21;;;;;;;/h2*3-6,8-13,17,20,31H,2,7,14-15H2,1H3,(H2,29,30);4-5,7-8,11-12,14,28H,6,9-10H2,1-3H3,(H2,26,27);2-6,10,22H,7-9H2,1H3,(H2,21,23);7*1H/t17-,20+;17-,20-;12-,14-;10-;;;;;;;/m0001......./s1. The van der Waals surface area contributed by atoms with Gasteiger partial charge in [-0.1, -0.05) is 101 Å². The Morgan fingerprint density at radius 1 is 0.448 bits per heavy atom. The van der Waals surface area contributed by atoms with Crippen LogP contribution in [0.5, 0.6) is 0 Å². The van der Waals surface area contributed by atoms with E-state index in [9.17, 15) is 71.9 Å². The van der Waals surface area contributed by atoms with E-state index in [-0.39, 0.29) is 97.8 Å². The maximum atomic E-state index is 13.8. The first-order chi connectivity index (χ1) is 59.3. The number of carbonyl (C=O) groups is 4. The topological polar surface area (TPSA) is 337 Å². The third-order valence-electron chi connectivity index (χ3n) is 21.2. The van der Waals surface area contributed by atoms with Gasteiger partial charge in [0.05, 0.1) is 56.6 Å². The van der Waals surface area contributed by atoms with E-state index in [4.69, 9.17) is 22.9 Å². The second kappa shape index (κ2) is 40.9. The molecule has 0 saturated carbocycles. The number of piperazine rings is 4. The second-order valence-corrected chi connectivity index (χ2v) is 32.0. The van der Waals surface area contributed by atoms with Crippen molar-refractivity contribution in [1.29, 1.82) is 0 Å². The van der Waals surface area contributed by atoms with E-state index < -0.39 is 92.9 Å². The van der Waals surface area contributed by atoms with E-state index in [1.807, 2.05) is 94.1 Å². The lowest BCUT2D eigenvalue weighted by atomic mass is 9.99. The number of nitrogens with one attached hydrogen (secondary N) is 4. The van der Waals surface area contributed by atoms with Crippen molar-refractivity contribution in [2.45, 2.75) is 141 Å². The van der Waals surface area contributed by atoms with Gasteiger partial charge < -0.3 is 63.8 Å². The van der Waals surface area contributed by atoms with Crippen molar-refractivity contribution in [2.24, 2.45) is 5.92 Å². The van der Waals surface area contributed by atoms with Crippen LogP contribution < -0.4 is 63.8 Å². The van der Waals surface area contributed by atoms with Crippen molar-refractivity contribution in [3.63, 3.8) is 0 Å². The van der Waals surface area contributed by atoms with Crippen LogP contribution in [0.25, 0.3) is 0 Å². The number of alkyl halides is 12. The molecule has 0 aliphatic carbocycles. The van der Waals surface area contributed by atoms with Gasteiger partial charge in [-0.2, -0.15) is 52.7 Å². The Hall–Kier alpha value is -11.8. The molecule has 676 valence electrons. The third kappa shape index (κ3) is 23.8. The zero-order chi connectivity index (χ0) is 90.4. The molecule has 2 aromatic carbocycles. The molecule has 14 rings (SSSR count). The number of benzene rings is 2. The summed E-state index contributed by atoms with van der Waals surface area (Å²) >= 11 is 3.18. The summed E-state index contributed by atoms with van der Waals surface area (Å²) in [5, 5.41) is 14.0. The molecule has 125 heavy (non-hydrogen) atoms. The fraction of sp³-hybridized carbons (Fsp3) is 0.364. The zero-order valence-electron chi connectivity index (χ0n) is 69.0. The first kappa shape index (κ1) is 93.9. The Labute approximate surface area is 732 Å². The van der Waals surface area contributed by atoms with Crippen LogP contribution in [0.15, 0.2) is 181 Å². The molecule has 12 heterocycles. The SMILES string of the molecule is CC(C)C[C@H]1CN(c2ccc(C(F)(F)F)c(C(=O)c3cc(Br)cnc3N)n2)C[C@H](C)N1.CCC[C@H]1CN(c2ccc(C(F)(F)F)c(C(=O)c3cccnc3N)n2)C[C@@H](c2ccccc2)N1.CCC[C@H]1CN(c2ccc(C(F)(F)F)c(C(=O)c3cccnc3N)n2)C[C@H](c2ccccc2)N1.C[C@@H]1CNCCN1c1ccc(C(F)(F)F)c(C(=O)c2cccnc2N)n1.[HH].[HH].[HH].[HH].[HH].[HH].[HH]. The summed E-state index contributed by atoms with van der Waals surface area (Å²) in [5.74, 6) is -2.40. The molecule has 10 aromatic rings. The molecule has 0 amide bonds. The fourth-order valence-corrected chi connectivity index (χ4v) is 15.7. The zero-order valence-corrected chi connectivity index (χ0v) is 70.6. The average Bonchev–Trinajstić information content (AvgIpc) is 0.791. The molecule has 8 aromatic heterocycles. The molecule has 7 atom stereocenters. The van der Waals surface area contributed by atoms with E-state index in [2.05, 4.69) is 105 Å². The number of hydrogen-bond donors (Lipinski definition) is 8. The van der Waals surface area contributed by atoms with Crippen molar-refractivity contribution in [3.8, 4) is 0 Å². The van der Waals surface area contributed by atoms with Crippen molar-refractivity contribution in [3.05, 3.63) is 259 Å². The molecule has 4 saturated heterocycles. The van der Waals surface area contributed by atoms with Crippen molar-refractivity contribution in [2.75, 3.05) is 101 Å². The van der Waals surface area contributed by atoms with E-state index in [1.165, 1.54) is 91.5 Å². The first-order valence-corrected chi connectivity index (χ1v) is 41.2. The number of pyridine rings is 8. The summed E-state index contributed by atoms with van der Waals surface area (Å²) in [6.07, 6.45) is -8.80. The van der Waals surface area contributed by atoms with Gasteiger partial charge in [0.15, 0.2) is 0 Å². The highest BCUT2D eigenvalue weighted by Crippen LogP contribution is 2.41. The fourth-order valence-electron chi connectivity index (χ4n) is 15.4. The summed E-state index contributed by atoms with van der Waals surface area (Å²) in [6, 6.07) is 39.0. The minimum atomic E-state index is -4.74. The number of ketones is 4. The Kier molecular flexibility index (Phi) is 30.7. The number of rotatable bonds is 20. The lowest BCUT2D eigenvalue weighted by Gasteiger charge is -2.40. The predicted molar refractivity (Wildman–Crippen MR) is 472 cm³/mol. The number of carbonyl (C=O) groups excluding carboxylic acids is 4. The lowest BCUT2D eigenvalue weighted by molar-refractivity contribution is -0.138. The smallest absolute Gasteiger partial charge is 0.383 e. The number of nitrogens with zero attached hydrogens (tertiary/aromatic N) is 12. The van der Waals surface area contributed by atoms with Crippen LogP contribution in [0.4, 0.5) is 99.2 Å². The monoisotopic (exact) mass is 1820 g/mol. The van der Waals surface area contributed by atoms with Gasteiger partial charge in [0.25, 0.3) is 0 Å². The summed E-state index contributed by atoms with van der Waals surface area (Å²) in [5.41, 5.74) is 17.6. The Morgan fingerprint density at radius 3 is 1.16 bits per heavy atom. The minimum absolute atomic E-state index is 0. The van der Waals surface area contributed by atoms with E-state index in [0.717, 1.165) is 67.5 Å². The number of hydrogen-bond acceptors (Lipinski definition) is 24. The minimum Gasteiger partial charge on any atom is -0.383 e. The molecule has 0 radical (unpaired) electrons. The number of nitrogen functional groups attached to an aromatic ring is 4. The first-order valence-electron chi connectivity index (χ1n) is 40.4. The van der Waals surface area contributed by atoms with Crippen LogP contribution in [-0.2, 0) is 24.7 Å². The molecule has 0 bridgehead atoms. The highest BCUT2D eigenvalue weighted by Gasteiger charge is 2.43. The van der Waals surface area contributed by atoms with Crippen LogP contribution in [0.3, 0.4) is 0 Å². The average molecular weight is 1820 g/mol. The normalized spacial score (nSPS) is 18.8. The lowest BCUT2D eigenvalue weighted by Crippen LogP contribution is -2.56. The van der Waals surface area contributed by atoms with Gasteiger partial charge >= 0.3 is 24.7 Å². The van der Waals surface area contributed by atoms with Crippen LogP contribution in [0.2, 0.25) is 0 Å². The van der Waals surface area contributed by atoms with Gasteiger partial charge in [-0.15, -0.1) is 0 Å². The molecule has 4 aliphatic heterocycles. The molecule has 24 nitrogen and oxygen atoms in total. The molecule has 12 N–H and O–H groups in total. The second-order valence-electron chi connectivity index (χ2n) is 31.1. The quantitative estimate of drug-likeness (QED) is 0.0259. The molecule has 4 aliphatic rings. The molecule has 0 spiro atoms. The molecule has 4 fully saturated rings. The maximum absolute atomic E-state index is 13.8. The number of halogens is 13. The van der Waals surface area contributed by atoms with E-state index in [1.54, 1.807) is 0 Å². The van der Waals surface area contributed by atoms with Gasteiger partial charge in [-0.3, -0.25) is 19.2 Å². The molecular weight excluding hydrogens is 1710 g/mol. The van der Waals surface area contributed by atoms with Crippen LogP contribution in [0, 0.1) is 5.92 Å². The number of nitrogens with two attached hydrogens (primary N) is 4. The number of aromatic nitrogens is 8. The van der Waals surface area contributed by atoms with Gasteiger partial charge in [-0.05, 0) is 157 Å². The Balaban J connectivity index is 0.000000363. The van der Waals surface area contributed by atoms with Crippen LogP contribution in [0.1, 0.15) is 193 Å². The van der Waals surface area contributed by atoms with Crippen LogP contribution >= 0.6 is 15.9 Å². The van der Waals surface area contributed by atoms with Crippen LogP contribution in [-0.4, -0.2) is 152 Å². The highest BCUT2D eigenvalue weighted by atomic mass is 79.9.